The van der Waals surface area contributed by atoms with Crippen molar-refractivity contribution in [3.05, 3.63) is 0 Å². The Kier molecular flexibility index (Phi) is 3.11. The van der Waals surface area contributed by atoms with Crippen molar-refractivity contribution in [3.8, 4) is 0 Å². The van der Waals surface area contributed by atoms with Crippen molar-refractivity contribution in [2.75, 3.05) is 0 Å². The van der Waals surface area contributed by atoms with Crippen LogP contribution < -0.4 is 0 Å². The number of alkyl halides is 2. The van der Waals surface area contributed by atoms with Crippen molar-refractivity contribution in [1.82, 2.24) is 5.06 Å². The Labute approximate surface area is 83.5 Å². The van der Waals surface area contributed by atoms with E-state index in [0.717, 1.165) is 0 Å². The molecule has 0 atom stereocenters. The molecule has 1 saturated heterocycles. The van der Waals surface area contributed by atoms with E-state index in [1.807, 2.05) is 0 Å². The Balaban J connectivity index is 2.58. The summed E-state index contributed by atoms with van der Waals surface area (Å²) in [5, 5.41) is 0.389. The number of nitrogens with zero attached hydrogens (tertiary/aromatic N) is 1. The van der Waals surface area contributed by atoms with Gasteiger partial charge in [0.25, 0.3) is 11.8 Å². The van der Waals surface area contributed by atoms with E-state index < -0.39 is 22.6 Å². The molecular weight excluding hydrogens is 221 g/mol. The van der Waals surface area contributed by atoms with Gasteiger partial charge in [-0.2, -0.15) is 0 Å². The maximum absolute atomic E-state index is 10.9. The summed E-state index contributed by atoms with van der Waals surface area (Å²) in [6.45, 7) is 0. The minimum Gasteiger partial charge on any atom is -0.327 e. The number of halogens is 2. The molecule has 0 N–H and O–H groups in total. The summed E-state index contributed by atoms with van der Waals surface area (Å²) in [7, 11) is 0. The van der Waals surface area contributed by atoms with Gasteiger partial charge in [-0.05, 0) is 0 Å². The number of hydrogen-bond donors (Lipinski definition) is 0. The minimum absolute atomic E-state index is 0.0430. The van der Waals surface area contributed by atoms with Crippen molar-refractivity contribution in [1.29, 1.82) is 0 Å². The number of carbonyl (C=O) groups excluding carboxylic acids is 3. The molecular formula is C6H5Cl2NO4. The molecule has 1 rings (SSSR count). The van der Waals surface area contributed by atoms with E-state index in [4.69, 9.17) is 23.2 Å². The Bertz CT molecular complexity index is 249. The van der Waals surface area contributed by atoms with Crippen LogP contribution in [0.15, 0.2) is 0 Å². The molecule has 7 heteroatoms. The van der Waals surface area contributed by atoms with Crippen LogP contribution in [0.3, 0.4) is 0 Å². The van der Waals surface area contributed by atoms with E-state index in [0.29, 0.717) is 5.06 Å². The number of rotatable bonds is 2. The largest absolute Gasteiger partial charge is 0.365 e. The zero-order valence-corrected chi connectivity index (χ0v) is 7.84. The number of amides is 2. The molecule has 0 radical (unpaired) electrons. The third-order valence-electron chi connectivity index (χ3n) is 1.37. The monoisotopic (exact) mass is 225 g/mol. The first-order valence-electron chi connectivity index (χ1n) is 3.38. The molecule has 0 aliphatic carbocycles. The normalized spacial score (nSPS) is 17.0. The van der Waals surface area contributed by atoms with Crippen molar-refractivity contribution in [2.24, 2.45) is 0 Å². The lowest BCUT2D eigenvalue weighted by Crippen LogP contribution is -2.33. The molecule has 2 amide bonds. The lowest BCUT2D eigenvalue weighted by molar-refractivity contribution is -0.196. The minimum atomic E-state index is -1.40. The first-order chi connectivity index (χ1) is 6.02. The van der Waals surface area contributed by atoms with Crippen LogP contribution in [0, 0.1) is 0 Å². The Hall–Kier alpha value is -0.810. The fourth-order valence-corrected chi connectivity index (χ4v) is 0.867. The number of carbonyl (C=O) groups is 3. The molecule has 0 saturated carbocycles. The van der Waals surface area contributed by atoms with Gasteiger partial charge in [0.05, 0.1) is 0 Å². The van der Waals surface area contributed by atoms with Gasteiger partial charge >= 0.3 is 5.97 Å². The highest BCUT2D eigenvalue weighted by Gasteiger charge is 2.33. The Morgan fingerprint density at radius 3 is 2.15 bits per heavy atom. The van der Waals surface area contributed by atoms with Crippen LogP contribution in [0.4, 0.5) is 0 Å². The zero-order chi connectivity index (χ0) is 10.0. The summed E-state index contributed by atoms with van der Waals surface area (Å²) >= 11 is 10.3. The maximum Gasteiger partial charge on any atom is 0.365 e. The number of hydrogen-bond acceptors (Lipinski definition) is 4. The summed E-state index contributed by atoms with van der Waals surface area (Å²) in [6.07, 6.45) is 0.0860. The average molecular weight is 226 g/mol. The topological polar surface area (TPSA) is 63.7 Å². The predicted molar refractivity (Wildman–Crippen MR) is 42.7 cm³/mol. The highest BCUT2D eigenvalue weighted by Crippen LogP contribution is 2.14. The van der Waals surface area contributed by atoms with Gasteiger partial charge in [-0.15, -0.1) is 5.06 Å². The van der Waals surface area contributed by atoms with E-state index in [-0.39, 0.29) is 12.8 Å². The van der Waals surface area contributed by atoms with E-state index in [9.17, 15) is 14.4 Å². The van der Waals surface area contributed by atoms with Gasteiger partial charge in [0.1, 0.15) is 0 Å². The second-order valence-corrected chi connectivity index (χ2v) is 3.39. The highest BCUT2D eigenvalue weighted by molar-refractivity contribution is 6.52. The Morgan fingerprint density at radius 1 is 1.31 bits per heavy atom. The number of imide groups is 1. The average Bonchev–Trinajstić information content (AvgIpc) is 2.35. The summed E-state index contributed by atoms with van der Waals surface area (Å²) in [4.78, 5) is 35.5. The molecule has 0 spiro atoms. The predicted octanol–water partition coefficient (Wildman–Crippen LogP) is 0.397. The van der Waals surface area contributed by atoms with Crippen molar-refractivity contribution in [2.45, 2.75) is 17.7 Å². The molecule has 0 aromatic carbocycles. The van der Waals surface area contributed by atoms with Gasteiger partial charge < -0.3 is 4.84 Å². The lowest BCUT2D eigenvalue weighted by atomic mass is 10.4. The molecule has 72 valence electrons. The first-order valence-corrected chi connectivity index (χ1v) is 4.25. The third-order valence-corrected chi connectivity index (χ3v) is 1.72. The van der Waals surface area contributed by atoms with Crippen LogP contribution in [0.1, 0.15) is 12.8 Å². The van der Waals surface area contributed by atoms with E-state index in [2.05, 4.69) is 4.84 Å². The summed E-state index contributed by atoms with van der Waals surface area (Å²) in [6, 6.07) is 0. The summed E-state index contributed by atoms with van der Waals surface area (Å²) < 4.78 is 0. The van der Waals surface area contributed by atoms with Crippen molar-refractivity contribution in [3.63, 3.8) is 0 Å². The summed E-state index contributed by atoms with van der Waals surface area (Å²) in [5.74, 6) is -2.16. The fourth-order valence-electron chi connectivity index (χ4n) is 0.788. The standard InChI is InChI=1S/C6H5Cl2NO4/c7-5(8)6(12)13-9-3(10)1-2-4(9)11/h5H,1-2H2. The van der Waals surface area contributed by atoms with Crippen molar-refractivity contribution >= 4 is 41.0 Å². The molecule has 5 nitrogen and oxygen atoms in total. The SMILES string of the molecule is O=C(ON1C(=O)CCC1=O)C(Cl)Cl. The second-order valence-electron chi connectivity index (χ2n) is 2.29. The van der Waals surface area contributed by atoms with Crippen LogP contribution in [-0.4, -0.2) is 27.7 Å². The van der Waals surface area contributed by atoms with E-state index in [1.54, 1.807) is 0 Å². The Morgan fingerprint density at radius 2 is 1.77 bits per heavy atom. The molecule has 0 aromatic heterocycles. The molecule has 0 unspecified atom stereocenters. The number of hydroxylamine groups is 2. The van der Waals surface area contributed by atoms with E-state index in [1.165, 1.54) is 0 Å². The fraction of sp³-hybridized carbons (Fsp3) is 0.500. The molecule has 0 aromatic rings. The zero-order valence-electron chi connectivity index (χ0n) is 6.33. The molecule has 1 aliphatic heterocycles. The van der Waals surface area contributed by atoms with Crippen LogP contribution in [0.2, 0.25) is 0 Å². The van der Waals surface area contributed by atoms with Crippen LogP contribution in [0.5, 0.6) is 0 Å². The lowest BCUT2D eigenvalue weighted by Gasteiger charge is -2.12. The van der Waals surface area contributed by atoms with Gasteiger partial charge in [0.2, 0.25) is 4.84 Å². The van der Waals surface area contributed by atoms with Gasteiger partial charge in [-0.25, -0.2) is 4.79 Å². The molecule has 1 fully saturated rings. The van der Waals surface area contributed by atoms with Crippen molar-refractivity contribution < 1.29 is 19.2 Å². The van der Waals surface area contributed by atoms with Crippen LogP contribution >= 0.6 is 23.2 Å². The van der Waals surface area contributed by atoms with Crippen LogP contribution in [0.25, 0.3) is 0 Å². The van der Waals surface area contributed by atoms with Gasteiger partial charge in [-0.1, -0.05) is 23.2 Å². The van der Waals surface area contributed by atoms with Gasteiger partial charge in [-0.3, -0.25) is 9.59 Å². The first kappa shape index (κ1) is 10.3. The quantitative estimate of drug-likeness (QED) is 0.504. The second kappa shape index (κ2) is 3.93. The third kappa shape index (κ3) is 2.32. The van der Waals surface area contributed by atoms with Gasteiger partial charge in [0.15, 0.2) is 0 Å². The smallest absolute Gasteiger partial charge is 0.327 e. The van der Waals surface area contributed by atoms with Gasteiger partial charge in [0, 0.05) is 12.8 Å². The van der Waals surface area contributed by atoms with E-state index >= 15 is 0 Å². The molecule has 1 aliphatic rings. The molecule has 0 bridgehead atoms. The summed E-state index contributed by atoms with van der Waals surface area (Å²) in [5.41, 5.74) is 0. The molecule has 13 heavy (non-hydrogen) atoms. The van der Waals surface area contributed by atoms with Crippen LogP contribution in [-0.2, 0) is 19.2 Å². The molecule has 1 heterocycles. The highest BCUT2D eigenvalue weighted by atomic mass is 35.5. The maximum atomic E-state index is 10.9.